The van der Waals surface area contributed by atoms with Gasteiger partial charge in [-0.25, -0.2) is 0 Å². The summed E-state index contributed by atoms with van der Waals surface area (Å²) < 4.78 is 6.34. The fourth-order valence-electron chi connectivity index (χ4n) is 3.77. The fraction of sp³-hybridized carbons (Fsp3) is 0.444. The van der Waals surface area contributed by atoms with Gasteiger partial charge in [-0.1, -0.05) is 58.5 Å². The summed E-state index contributed by atoms with van der Waals surface area (Å²) in [6.45, 7) is 13.9. The first-order valence-corrected chi connectivity index (χ1v) is 12.4. The van der Waals surface area contributed by atoms with Gasteiger partial charge in [0.2, 0.25) is 0 Å². The van der Waals surface area contributed by atoms with E-state index >= 15 is 0 Å². The average molecular weight is 526 g/mol. The van der Waals surface area contributed by atoms with Crippen LogP contribution in [-0.4, -0.2) is 41.6 Å². The Balaban J connectivity index is 1.92. The first-order chi connectivity index (χ1) is 17.6. The van der Waals surface area contributed by atoms with Gasteiger partial charge in [-0.05, 0) is 47.8 Å². The Hall–Kier alpha value is -4.15. The molecule has 2 aromatic carbocycles. The molecule has 0 aliphatic heterocycles. The molecule has 0 saturated heterocycles. The van der Waals surface area contributed by atoms with Crippen molar-refractivity contribution in [1.29, 1.82) is 0 Å². The SMILES string of the molecule is CCC(C)(C)c1ccc(OC(C)(C(=O)Nc2cc(O)c(-n3ncc([N+](=O)[O-])n3)cc2O)C(C)(C)CC)cc1. The number of hydrogen-bond acceptors (Lipinski definition) is 8. The van der Waals surface area contributed by atoms with Crippen LogP contribution in [0.5, 0.6) is 17.2 Å². The minimum absolute atomic E-state index is 0.00417. The zero-order valence-electron chi connectivity index (χ0n) is 22.8. The number of aromatic nitrogens is 3. The van der Waals surface area contributed by atoms with E-state index in [0.717, 1.165) is 35.1 Å². The van der Waals surface area contributed by atoms with Gasteiger partial charge in [0.1, 0.15) is 17.2 Å². The molecule has 11 heteroatoms. The summed E-state index contributed by atoms with van der Waals surface area (Å²) in [5.74, 6) is -1.34. The molecule has 3 aromatic rings. The van der Waals surface area contributed by atoms with Gasteiger partial charge >= 0.3 is 5.82 Å². The molecule has 1 heterocycles. The molecule has 3 N–H and O–H groups in total. The number of aromatic hydroxyl groups is 2. The van der Waals surface area contributed by atoms with E-state index in [1.165, 1.54) is 0 Å². The lowest BCUT2D eigenvalue weighted by Crippen LogP contribution is -2.56. The number of hydrogen-bond donors (Lipinski definition) is 3. The molecule has 0 aliphatic rings. The monoisotopic (exact) mass is 525 g/mol. The highest BCUT2D eigenvalue weighted by molar-refractivity contribution is 5.99. The lowest BCUT2D eigenvalue weighted by Gasteiger charge is -2.42. The second-order valence-electron chi connectivity index (χ2n) is 10.7. The van der Waals surface area contributed by atoms with Crippen LogP contribution < -0.4 is 10.1 Å². The molecule has 0 aliphatic carbocycles. The van der Waals surface area contributed by atoms with Crippen molar-refractivity contribution in [3.63, 3.8) is 0 Å². The van der Waals surface area contributed by atoms with Crippen LogP contribution in [-0.2, 0) is 10.2 Å². The molecule has 0 radical (unpaired) electrons. The Labute approximate surface area is 221 Å². The number of amides is 1. The molecule has 0 spiro atoms. The molecular weight excluding hydrogens is 490 g/mol. The number of phenols is 2. The van der Waals surface area contributed by atoms with Gasteiger partial charge in [0, 0.05) is 17.5 Å². The summed E-state index contributed by atoms with van der Waals surface area (Å²) in [6.07, 6.45) is 2.49. The number of nitro groups is 1. The Bertz CT molecular complexity index is 1330. The highest BCUT2D eigenvalue weighted by atomic mass is 16.6. The van der Waals surface area contributed by atoms with Crippen molar-refractivity contribution in [2.75, 3.05) is 5.32 Å². The van der Waals surface area contributed by atoms with E-state index in [-0.39, 0.29) is 16.8 Å². The molecule has 3 rings (SSSR count). The van der Waals surface area contributed by atoms with Crippen LogP contribution in [0.2, 0.25) is 0 Å². The summed E-state index contributed by atoms with van der Waals surface area (Å²) in [4.78, 5) is 24.7. The van der Waals surface area contributed by atoms with Gasteiger partial charge in [-0.3, -0.25) is 4.79 Å². The molecule has 11 nitrogen and oxygen atoms in total. The van der Waals surface area contributed by atoms with E-state index in [1.54, 1.807) is 6.92 Å². The van der Waals surface area contributed by atoms with Crippen molar-refractivity contribution >= 4 is 17.4 Å². The van der Waals surface area contributed by atoms with Gasteiger partial charge in [0.15, 0.2) is 17.5 Å². The minimum atomic E-state index is -1.37. The van der Waals surface area contributed by atoms with Gasteiger partial charge in [-0.15, -0.1) is 5.10 Å². The summed E-state index contributed by atoms with van der Waals surface area (Å²) in [5.41, 5.74) is -1.01. The van der Waals surface area contributed by atoms with Gasteiger partial charge < -0.3 is 30.4 Å². The lowest BCUT2D eigenvalue weighted by atomic mass is 9.73. The fourth-order valence-corrected chi connectivity index (χ4v) is 3.77. The van der Waals surface area contributed by atoms with Crippen molar-refractivity contribution < 1.29 is 24.7 Å². The van der Waals surface area contributed by atoms with Crippen LogP contribution in [0.3, 0.4) is 0 Å². The van der Waals surface area contributed by atoms with E-state index in [9.17, 15) is 25.1 Å². The third-order valence-electron chi connectivity index (χ3n) is 7.67. The van der Waals surface area contributed by atoms with Gasteiger partial charge in [-0.2, -0.15) is 0 Å². The quantitative estimate of drug-likeness (QED) is 0.136. The second-order valence-corrected chi connectivity index (χ2v) is 10.7. The molecule has 1 atom stereocenters. The average Bonchev–Trinajstić information content (AvgIpc) is 3.36. The normalized spacial score (nSPS) is 13.6. The van der Waals surface area contributed by atoms with E-state index in [2.05, 4.69) is 36.3 Å². The standard InChI is InChI=1S/C27H35N5O6/c1-8-25(3,4)17-10-12-18(13-11-17)38-27(7,26(5,6)9-2)24(35)29-19-14-22(34)20(15-21(19)33)31-28-16-23(30-31)32(36)37/h10-16,33-34H,8-9H2,1-7H3,(H,29,35). The molecule has 0 bridgehead atoms. The smallest absolute Gasteiger partial charge is 0.410 e. The zero-order valence-corrected chi connectivity index (χ0v) is 22.8. The molecule has 0 saturated carbocycles. The Kier molecular flexibility index (Phi) is 7.71. The molecule has 204 valence electrons. The summed E-state index contributed by atoms with van der Waals surface area (Å²) in [7, 11) is 0. The van der Waals surface area contributed by atoms with Gasteiger partial charge in [0.25, 0.3) is 5.91 Å². The summed E-state index contributed by atoms with van der Waals surface area (Å²) in [6, 6.07) is 9.90. The van der Waals surface area contributed by atoms with Crippen molar-refractivity contribution in [2.24, 2.45) is 5.41 Å². The first kappa shape index (κ1) is 28.4. The van der Waals surface area contributed by atoms with Crippen molar-refractivity contribution in [2.45, 2.75) is 72.3 Å². The topological polar surface area (TPSA) is 153 Å². The molecule has 1 unspecified atom stereocenters. The number of ether oxygens (including phenoxy) is 1. The maximum Gasteiger partial charge on any atom is 0.410 e. The number of phenolic OH excluding ortho intramolecular Hbond substituents is 2. The Morgan fingerprint density at radius 2 is 1.68 bits per heavy atom. The van der Waals surface area contributed by atoms with E-state index in [4.69, 9.17) is 4.74 Å². The number of nitrogens with one attached hydrogen (secondary N) is 1. The number of nitrogens with zero attached hydrogens (tertiary/aromatic N) is 4. The van der Waals surface area contributed by atoms with Crippen LogP contribution in [0.4, 0.5) is 11.5 Å². The van der Waals surface area contributed by atoms with Crippen molar-refractivity contribution in [3.05, 3.63) is 58.3 Å². The third-order valence-corrected chi connectivity index (χ3v) is 7.67. The van der Waals surface area contributed by atoms with Crippen LogP contribution in [0.1, 0.15) is 66.9 Å². The summed E-state index contributed by atoms with van der Waals surface area (Å²) >= 11 is 0. The number of benzene rings is 2. The number of anilines is 1. The van der Waals surface area contributed by atoms with E-state index in [0.29, 0.717) is 12.2 Å². The molecule has 1 amide bonds. The second kappa shape index (κ2) is 10.3. The van der Waals surface area contributed by atoms with Crippen molar-refractivity contribution in [3.8, 4) is 22.9 Å². The van der Waals surface area contributed by atoms with E-state index < -0.39 is 39.2 Å². The Morgan fingerprint density at radius 1 is 1.05 bits per heavy atom. The van der Waals surface area contributed by atoms with Crippen LogP contribution in [0.15, 0.2) is 42.6 Å². The van der Waals surface area contributed by atoms with Crippen LogP contribution in [0, 0.1) is 15.5 Å². The molecule has 38 heavy (non-hydrogen) atoms. The number of carbonyl (C=O) groups excluding carboxylic acids is 1. The zero-order chi connectivity index (χ0) is 28.5. The highest BCUT2D eigenvalue weighted by Crippen LogP contribution is 2.41. The molecule has 0 fully saturated rings. The number of carbonyl (C=O) groups is 1. The van der Waals surface area contributed by atoms with Crippen LogP contribution in [0.25, 0.3) is 5.69 Å². The molecular formula is C27H35N5O6. The minimum Gasteiger partial charge on any atom is -0.506 e. The van der Waals surface area contributed by atoms with Crippen LogP contribution >= 0.6 is 0 Å². The maximum absolute atomic E-state index is 13.7. The predicted octanol–water partition coefficient (Wildman–Crippen LogP) is 5.49. The summed E-state index contributed by atoms with van der Waals surface area (Å²) in [5, 5.41) is 42.1. The number of rotatable bonds is 10. The lowest BCUT2D eigenvalue weighted by molar-refractivity contribution is -0.389. The highest BCUT2D eigenvalue weighted by Gasteiger charge is 2.49. The predicted molar refractivity (Wildman–Crippen MR) is 143 cm³/mol. The first-order valence-electron chi connectivity index (χ1n) is 12.4. The van der Waals surface area contributed by atoms with Crippen molar-refractivity contribution in [1.82, 2.24) is 15.0 Å². The third kappa shape index (κ3) is 5.41. The Morgan fingerprint density at radius 3 is 2.21 bits per heavy atom. The maximum atomic E-state index is 13.7. The largest absolute Gasteiger partial charge is 0.506 e. The van der Waals surface area contributed by atoms with E-state index in [1.807, 2.05) is 45.0 Å². The molecule has 1 aromatic heterocycles. The van der Waals surface area contributed by atoms with Gasteiger partial charge in [0.05, 0.1) is 10.8 Å².